The van der Waals surface area contributed by atoms with Gasteiger partial charge in [-0.3, -0.25) is 0 Å². The SMILES string of the molecule is C=Cc1ccc(CCc2ccc(N(c3ccc(-n4c5ccccc5c5ccccc54)cc3)c3cccc(N(c4ccc(-n5c6ccccc6c6ccccc65)cc4)c4ccc(-n5c6ccccc6c6ccccc65)cc4)c3)cc2)c(-c2ccccc2C)c1. The second-order valence-electron chi connectivity index (χ2n) is 23.0. The number of hydrogen-bond acceptors (Lipinski definition) is 2. The molecule has 3 heterocycles. The predicted molar refractivity (Wildman–Crippen MR) is 373 cm³/mol. The Morgan fingerprint density at radius 2 is 0.636 bits per heavy atom. The van der Waals surface area contributed by atoms with Crippen molar-refractivity contribution in [2.45, 2.75) is 19.8 Å². The predicted octanol–water partition coefficient (Wildman–Crippen LogP) is 22.3. The topological polar surface area (TPSA) is 21.3 Å². The summed E-state index contributed by atoms with van der Waals surface area (Å²) < 4.78 is 7.16. The minimum atomic E-state index is 0.898. The average Bonchev–Trinajstić information content (AvgIpc) is 1.81. The van der Waals surface area contributed by atoms with Gasteiger partial charge in [-0.25, -0.2) is 0 Å². The lowest BCUT2D eigenvalue weighted by Crippen LogP contribution is -2.13. The van der Waals surface area contributed by atoms with Crippen molar-refractivity contribution in [3.8, 4) is 28.2 Å². The number of rotatable bonds is 14. The van der Waals surface area contributed by atoms with E-state index in [1.807, 2.05) is 6.08 Å². The molecule has 88 heavy (non-hydrogen) atoms. The van der Waals surface area contributed by atoms with Crippen LogP contribution in [0.25, 0.3) is 99.7 Å². The van der Waals surface area contributed by atoms with E-state index in [0.29, 0.717) is 0 Å². The van der Waals surface area contributed by atoms with Crippen LogP contribution in [0, 0.1) is 6.92 Å². The first-order valence-electron chi connectivity index (χ1n) is 30.4. The van der Waals surface area contributed by atoms with Gasteiger partial charge in [-0.2, -0.15) is 0 Å². The molecule has 5 heteroatoms. The van der Waals surface area contributed by atoms with Crippen LogP contribution in [0.4, 0.5) is 34.1 Å². The Kier molecular flexibility index (Phi) is 13.0. The van der Waals surface area contributed by atoms with E-state index in [9.17, 15) is 0 Å². The van der Waals surface area contributed by atoms with Gasteiger partial charge in [-0.1, -0.05) is 176 Å². The lowest BCUT2D eigenvalue weighted by molar-refractivity contribution is 0.961. The number of anilines is 6. The van der Waals surface area contributed by atoms with Gasteiger partial charge in [-0.15, -0.1) is 0 Å². The molecule has 16 aromatic rings. The van der Waals surface area contributed by atoms with Gasteiger partial charge >= 0.3 is 0 Å². The van der Waals surface area contributed by atoms with Crippen LogP contribution in [0.3, 0.4) is 0 Å². The van der Waals surface area contributed by atoms with Crippen molar-refractivity contribution in [2.24, 2.45) is 0 Å². The molecular formula is C83H61N5. The molecule has 13 aromatic carbocycles. The van der Waals surface area contributed by atoms with Crippen LogP contribution in [-0.4, -0.2) is 13.7 Å². The number of nitrogens with zero attached hydrogens (tertiary/aromatic N) is 5. The van der Waals surface area contributed by atoms with Crippen molar-refractivity contribution < 1.29 is 0 Å². The molecule has 5 nitrogen and oxygen atoms in total. The molecule has 0 aliphatic carbocycles. The maximum absolute atomic E-state index is 4.10. The van der Waals surface area contributed by atoms with E-state index < -0.39 is 0 Å². The first-order chi connectivity index (χ1) is 43.5. The molecular weight excluding hydrogens is 1070 g/mol. The number of aryl methyl sites for hydroxylation is 3. The Morgan fingerprint density at radius 3 is 1.00 bits per heavy atom. The summed E-state index contributed by atoms with van der Waals surface area (Å²) in [7, 11) is 0. The van der Waals surface area contributed by atoms with Crippen molar-refractivity contribution in [2.75, 3.05) is 9.80 Å². The van der Waals surface area contributed by atoms with Gasteiger partial charge in [0.15, 0.2) is 0 Å². The largest absolute Gasteiger partial charge is 0.310 e. The molecule has 0 aliphatic rings. The highest BCUT2D eigenvalue weighted by atomic mass is 15.2. The zero-order valence-corrected chi connectivity index (χ0v) is 48.9. The molecule has 16 rings (SSSR count). The maximum Gasteiger partial charge on any atom is 0.0541 e. The van der Waals surface area contributed by atoms with Gasteiger partial charge < -0.3 is 23.5 Å². The fourth-order valence-electron chi connectivity index (χ4n) is 13.7. The fourth-order valence-corrected chi connectivity index (χ4v) is 13.7. The molecule has 0 saturated carbocycles. The highest BCUT2D eigenvalue weighted by Crippen LogP contribution is 2.44. The number of benzene rings is 13. The molecule has 0 saturated heterocycles. The number of para-hydroxylation sites is 6. The van der Waals surface area contributed by atoms with Crippen LogP contribution < -0.4 is 9.80 Å². The van der Waals surface area contributed by atoms with Crippen molar-refractivity contribution in [3.63, 3.8) is 0 Å². The summed E-state index contributed by atoms with van der Waals surface area (Å²) in [5.41, 5.74) is 24.3. The zero-order chi connectivity index (χ0) is 58.7. The molecule has 418 valence electrons. The minimum absolute atomic E-state index is 0.898. The summed E-state index contributed by atoms with van der Waals surface area (Å²) >= 11 is 0. The maximum atomic E-state index is 4.10. The monoisotopic (exact) mass is 1130 g/mol. The van der Waals surface area contributed by atoms with Gasteiger partial charge in [0.25, 0.3) is 0 Å². The molecule has 0 spiro atoms. The minimum Gasteiger partial charge on any atom is -0.310 e. The van der Waals surface area contributed by atoms with Crippen molar-refractivity contribution in [1.29, 1.82) is 0 Å². The number of fused-ring (bicyclic) bond motifs is 9. The van der Waals surface area contributed by atoms with Gasteiger partial charge in [0.05, 0.1) is 33.1 Å². The van der Waals surface area contributed by atoms with Gasteiger partial charge in [0.2, 0.25) is 0 Å². The summed E-state index contributed by atoms with van der Waals surface area (Å²) in [6.07, 6.45) is 3.75. The lowest BCUT2D eigenvalue weighted by atomic mass is 9.91. The number of hydrogen-bond donors (Lipinski definition) is 0. The van der Waals surface area contributed by atoms with Gasteiger partial charge in [0, 0.05) is 83.5 Å². The summed E-state index contributed by atoms with van der Waals surface area (Å²) in [4.78, 5) is 4.80. The average molecular weight is 1130 g/mol. The van der Waals surface area contributed by atoms with Crippen LogP contribution in [0.15, 0.2) is 316 Å². The van der Waals surface area contributed by atoms with E-state index in [1.165, 1.54) is 93.2 Å². The quantitative estimate of drug-likeness (QED) is 0.108. The normalized spacial score (nSPS) is 11.6. The number of aromatic nitrogens is 3. The molecule has 0 bridgehead atoms. The first kappa shape index (κ1) is 52.2. The molecule has 0 unspecified atom stereocenters. The van der Waals surface area contributed by atoms with Gasteiger partial charge in [-0.05, 0) is 199 Å². The van der Waals surface area contributed by atoms with E-state index in [1.54, 1.807) is 0 Å². The van der Waals surface area contributed by atoms with Crippen LogP contribution >= 0.6 is 0 Å². The van der Waals surface area contributed by atoms with Crippen molar-refractivity contribution in [3.05, 3.63) is 338 Å². The van der Waals surface area contributed by atoms with Crippen LogP contribution in [-0.2, 0) is 12.8 Å². The first-order valence-corrected chi connectivity index (χ1v) is 30.4. The standard InChI is InChI=1S/C83H61N5/c1-3-58-35-39-60(77(55-58)70-22-5-4-19-57(70)2)40-36-59-37-41-61(42-38-59)84(62-43-49-65(50-44-62)86-78-29-12-6-23-71(78)72-24-7-13-30-79(72)86)68-20-18-21-69(56-68)85(63-45-51-66(52-46-63)87-80-31-14-8-25-73(80)74-26-9-15-32-81(74)87)64-47-53-67(54-48-64)88-82-33-16-10-27-75(82)76-28-11-17-34-83(76)88/h3-35,37-39,41-56H,1,36,40H2,2H3. The molecule has 0 aliphatic heterocycles. The Hall–Kier alpha value is -11.4. The lowest BCUT2D eigenvalue weighted by Gasteiger charge is -2.30. The zero-order valence-electron chi connectivity index (χ0n) is 48.9. The Labute approximate surface area is 512 Å². The third-order valence-corrected chi connectivity index (χ3v) is 17.9. The second kappa shape index (κ2) is 21.9. The van der Waals surface area contributed by atoms with Crippen molar-refractivity contribution >= 4 is 106 Å². The summed E-state index contributed by atoms with van der Waals surface area (Å²) in [5, 5.41) is 7.46. The third kappa shape index (κ3) is 9.03. The second-order valence-corrected chi connectivity index (χ2v) is 23.0. The van der Waals surface area contributed by atoms with Gasteiger partial charge in [0.1, 0.15) is 0 Å². The summed E-state index contributed by atoms with van der Waals surface area (Å²) in [6, 6.07) is 113. The van der Waals surface area contributed by atoms with E-state index in [4.69, 9.17) is 0 Å². The molecule has 0 atom stereocenters. The molecule has 3 aromatic heterocycles. The van der Waals surface area contributed by atoms with E-state index in [2.05, 4.69) is 346 Å². The molecule has 0 radical (unpaired) electrons. The summed E-state index contributed by atoms with van der Waals surface area (Å²) in [5.74, 6) is 0. The summed E-state index contributed by atoms with van der Waals surface area (Å²) in [6.45, 7) is 6.30. The molecule has 0 amide bonds. The highest BCUT2D eigenvalue weighted by molar-refractivity contribution is 6.11. The van der Waals surface area contributed by atoms with Crippen LogP contribution in [0.5, 0.6) is 0 Å². The highest BCUT2D eigenvalue weighted by Gasteiger charge is 2.21. The van der Waals surface area contributed by atoms with E-state index in [-0.39, 0.29) is 0 Å². The van der Waals surface area contributed by atoms with Crippen LogP contribution in [0.1, 0.15) is 22.3 Å². The Balaban J connectivity index is 0.813. The third-order valence-electron chi connectivity index (χ3n) is 17.9. The molecule has 0 fully saturated rings. The fraction of sp³-hybridized carbons (Fsp3) is 0.0361. The van der Waals surface area contributed by atoms with E-state index in [0.717, 1.165) is 69.6 Å². The Morgan fingerprint density at radius 1 is 0.295 bits per heavy atom. The van der Waals surface area contributed by atoms with E-state index >= 15 is 0 Å². The smallest absolute Gasteiger partial charge is 0.0541 e. The Bertz CT molecular complexity index is 4980. The van der Waals surface area contributed by atoms with Crippen molar-refractivity contribution in [1.82, 2.24) is 13.7 Å². The van der Waals surface area contributed by atoms with Crippen LogP contribution in [0.2, 0.25) is 0 Å². The molecule has 0 N–H and O–H groups in total.